The second kappa shape index (κ2) is 4.10. The van der Waals surface area contributed by atoms with E-state index in [1.807, 2.05) is 29.7 Å². The predicted molar refractivity (Wildman–Crippen MR) is 68.4 cm³/mol. The van der Waals surface area contributed by atoms with E-state index >= 15 is 0 Å². The van der Waals surface area contributed by atoms with E-state index in [0.717, 1.165) is 23.4 Å². The summed E-state index contributed by atoms with van der Waals surface area (Å²) < 4.78 is 3.40. The van der Waals surface area contributed by atoms with Gasteiger partial charge in [0, 0.05) is 42.8 Å². The summed E-state index contributed by atoms with van der Waals surface area (Å²) in [5, 5.41) is 4.33. The molecule has 0 spiro atoms. The average Bonchev–Trinajstić information content (AvgIpc) is 2.86. The molecule has 3 aromatic heterocycles. The van der Waals surface area contributed by atoms with Gasteiger partial charge in [0.1, 0.15) is 5.65 Å². The van der Waals surface area contributed by atoms with Crippen LogP contribution in [0.25, 0.3) is 16.9 Å². The van der Waals surface area contributed by atoms with Crippen molar-refractivity contribution in [3.8, 4) is 11.3 Å². The molecule has 5 heteroatoms. The molecule has 0 saturated heterocycles. The van der Waals surface area contributed by atoms with Gasteiger partial charge in [0.05, 0.1) is 5.69 Å². The lowest BCUT2D eigenvalue weighted by atomic mass is 10.2. The standard InChI is InChI=1S/C13H12N4O/c1-2-16-7-5-13(18)17-12(16)8-11(15-17)10-4-3-6-14-9-10/h3-9H,2H2,1H3. The van der Waals surface area contributed by atoms with Crippen LogP contribution in [-0.2, 0) is 6.54 Å². The molecule has 3 rings (SSSR count). The molecule has 0 aromatic carbocycles. The first-order chi connectivity index (χ1) is 8.79. The summed E-state index contributed by atoms with van der Waals surface area (Å²) in [6.07, 6.45) is 5.24. The Bertz CT molecular complexity index is 743. The molecule has 0 N–H and O–H groups in total. The van der Waals surface area contributed by atoms with Crippen LogP contribution < -0.4 is 5.56 Å². The van der Waals surface area contributed by atoms with Gasteiger partial charge in [-0.2, -0.15) is 9.61 Å². The van der Waals surface area contributed by atoms with E-state index in [9.17, 15) is 4.79 Å². The fourth-order valence-electron chi connectivity index (χ4n) is 1.96. The molecule has 18 heavy (non-hydrogen) atoms. The summed E-state index contributed by atoms with van der Waals surface area (Å²) in [4.78, 5) is 15.8. The normalized spacial score (nSPS) is 10.9. The maximum atomic E-state index is 11.8. The Morgan fingerprint density at radius 2 is 2.22 bits per heavy atom. The van der Waals surface area contributed by atoms with Gasteiger partial charge in [-0.1, -0.05) is 0 Å². The summed E-state index contributed by atoms with van der Waals surface area (Å²) >= 11 is 0. The summed E-state index contributed by atoms with van der Waals surface area (Å²) in [7, 11) is 0. The number of nitrogens with zero attached hydrogens (tertiary/aromatic N) is 4. The first-order valence-electron chi connectivity index (χ1n) is 5.79. The second-order valence-corrected chi connectivity index (χ2v) is 3.98. The van der Waals surface area contributed by atoms with Crippen LogP contribution in [0.2, 0.25) is 0 Å². The fourth-order valence-corrected chi connectivity index (χ4v) is 1.96. The fraction of sp³-hybridized carbons (Fsp3) is 0.154. The third-order valence-electron chi connectivity index (χ3n) is 2.89. The highest BCUT2D eigenvalue weighted by atomic mass is 16.1. The molecule has 0 radical (unpaired) electrons. The van der Waals surface area contributed by atoms with E-state index < -0.39 is 0 Å². The van der Waals surface area contributed by atoms with Crippen molar-refractivity contribution in [1.29, 1.82) is 0 Å². The summed E-state index contributed by atoms with van der Waals surface area (Å²) in [6, 6.07) is 7.21. The molecule has 0 aliphatic rings. The van der Waals surface area contributed by atoms with Gasteiger partial charge in [0.25, 0.3) is 5.56 Å². The minimum atomic E-state index is -0.121. The van der Waals surface area contributed by atoms with Gasteiger partial charge in [0.15, 0.2) is 0 Å². The van der Waals surface area contributed by atoms with Crippen LogP contribution in [0.5, 0.6) is 0 Å². The Morgan fingerprint density at radius 3 is 2.94 bits per heavy atom. The Balaban J connectivity index is 2.29. The van der Waals surface area contributed by atoms with Crippen molar-refractivity contribution in [3.05, 3.63) is 53.2 Å². The topological polar surface area (TPSA) is 52.2 Å². The zero-order valence-corrected chi connectivity index (χ0v) is 9.95. The van der Waals surface area contributed by atoms with E-state index in [1.54, 1.807) is 18.6 Å². The van der Waals surface area contributed by atoms with Crippen molar-refractivity contribution in [2.24, 2.45) is 0 Å². The quantitative estimate of drug-likeness (QED) is 0.683. The van der Waals surface area contributed by atoms with Gasteiger partial charge in [-0.25, -0.2) is 0 Å². The maximum Gasteiger partial charge on any atom is 0.274 e. The van der Waals surface area contributed by atoms with Crippen LogP contribution in [0, 0.1) is 0 Å². The van der Waals surface area contributed by atoms with Crippen LogP contribution in [0.15, 0.2) is 47.7 Å². The van der Waals surface area contributed by atoms with Crippen molar-refractivity contribution < 1.29 is 0 Å². The van der Waals surface area contributed by atoms with Gasteiger partial charge in [0.2, 0.25) is 0 Å². The molecular formula is C13H12N4O. The van der Waals surface area contributed by atoms with Gasteiger partial charge in [-0.05, 0) is 19.1 Å². The highest BCUT2D eigenvalue weighted by Gasteiger charge is 2.08. The van der Waals surface area contributed by atoms with E-state index in [2.05, 4.69) is 10.1 Å². The van der Waals surface area contributed by atoms with E-state index in [1.165, 1.54) is 10.6 Å². The first kappa shape index (κ1) is 10.7. The lowest BCUT2D eigenvalue weighted by Crippen LogP contribution is -2.16. The van der Waals surface area contributed by atoms with Crippen molar-refractivity contribution in [3.63, 3.8) is 0 Å². The Labute approximate surface area is 103 Å². The van der Waals surface area contributed by atoms with Crippen molar-refractivity contribution in [2.75, 3.05) is 0 Å². The number of hydrogen-bond donors (Lipinski definition) is 0. The van der Waals surface area contributed by atoms with Crippen LogP contribution in [-0.4, -0.2) is 19.2 Å². The molecule has 5 nitrogen and oxygen atoms in total. The Hall–Kier alpha value is -2.43. The molecule has 90 valence electrons. The van der Waals surface area contributed by atoms with Gasteiger partial charge < -0.3 is 4.57 Å². The minimum absolute atomic E-state index is 0.121. The van der Waals surface area contributed by atoms with Crippen LogP contribution in [0.1, 0.15) is 6.92 Å². The SMILES string of the molecule is CCn1ccc(=O)n2nc(-c3cccnc3)cc12. The zero-order chi connectivity index (χ0) is 12.5. The molecular weight excluding hydrogens is 228 g/mol. The van der Waals surface area contributed by atoms with Crippen LogP contribution in [0.3, 0.4) is 0 Å². The molecule has 0 aliphatic carbocycles. The van der Waals surface area contributed by atoms with E-state index in [-0.39, 0.29) is 5.56 Å². The maximum absolute atomic E-state index is 11.8. The summed E-state index contributed by atoms with van der Waals surface area (Å²) in [6.45, 7) is 2.82. The average molecular weight is 240 g/mol. The zero-order valence-electron chi connectivity index (χ0n) is 9.95. The van der Waals surface area contributed by atoms with E-state index in [4.69, 9.17) is 0 Å². The third kappa shape index (κ3) is 1.60. The molecule has 0 bridgehead atoms. The number of pyridine rings is 1. The van der Waals surface area contributed by atoms with Crippen LogP contribution in [0.4, 0.5) is 0 Å². The van der Waals surface area contributed by atoms with E-state index in [0.29, 0.717) is 0 Å². The summed E-state index contributed by atoms with van der Waals surface area (Å²) in [5.74, 6) is 0. The molecule has 0 aliphatic heterocycles. The lowest BCUT2D eigenvalue weighted by Gasteiger charge is -2.02. The first-order valence-corrected chi connectivity index (χ1v) is 5.79. The van der Waals surface area contributed by atoms with Gasteiger partial charge in [-0.3, -0.25) is 9.78 Å². The minimum Gasteiger partial charge on any atom is -0.333 e. The highest BCUT2D eigenvalue weighted by Crippen LogP contribution is 2.17. The predicted octanol–water partition coefficient (Wildman–Crippen LogP) is 1.58. The number of rotatable bonds is 2. The molecule has 0 atom stereocenters. The highest BCUT2D eigenvalue weighted by molar-refractivity contribution is 5.63. The van der Waals surface area contributed by atoms with Gasteiger partial charge >= 0.3 is 0 Å². The van der Waals surface area contributed by atoms with Gasteiger partial charge in [-0.15, -0.1) is 0 Å². The number of aromatic nitrogens is 4. The van der Waals surface area contributed by atoms with Crippen molar-refractivity contribution in [1.82, 2.24) is 19.2 Å². The molecule has 0 fully saturated rings. The Kier molecular flexibility index (Phi) is 2.44. The summed E-state index contributed by atoms with van der Waals surface area (Å²) in [5.41, 5.74) is 2.34. The Morgan fingerprint density at radius 1 is 1.33 bits per heavy atom. The molecule has 3 aromatic rings. The molecule has 0 unspecified atom stereocenters. The molecule has 0 amide bonds. The molecule has 0 saturated carbocycles. The largest absolute Gasteiger partial charge is 0.333 e. The number of hydrogen-bond acceptors (Lipinski definition) is 3. The van der Waals surface area contributed by atoms with Crippen molar-refractivity contribution >= 4 is 5.65 Å². The number of fused-ring (bicyclic) bond motifs is 1. The van der Waals surface area contributed by atoms with Crippen LogP contribution >= 0.6 is 0 Å². The smallest absolute Gasteiger partial charge is 0.274 e. The second-order valence-electron chi connectivity index (χ2n) is 3.98. The monoisotopic (exact) mass is 240 g/mol. The third-order valence-corrected chi connectivity index (χ3v) is 2.89. The molecule has 3 heterocycles. The number of aryl methyl sites for hydroxylation is 1. The van der Waals surface area contributed by atoms with Crippen molar-refractivity contribution in [2.45, 2.75) is 13.5 Å². The lowest BCUT2D eigenvalue weighted by molar-refractivity contribution is 0.739.